The first-order valence-electron chi connectivity index (χ1n) is 7.23. The highest BCUT2D eigenvalue weighted by Gasteiger charge is 2.43. The molecule has 1 aromatic heterocycles. The van der Waals surface area contributed by atoms with Crippen LogP contribution in [0.2, 0.25) is 0 Å². The summed E-state index contributed by atoms with van der Waals surface area (Å²) in [6.45, 7) is 1.03. The number of aromatic nitrogens is 3. The van der Waals surface area contributed by atoms with Gasteiger partial charge < -0.3 is 15.7 Å². The van der Waals surface area contributed by atoms with Gasteiger partial charge >= 0.3 is 5.97 Å². The first-order valence-corrected chi connectivity index (χ1v) is 7.23. The number of carbonyl (C=O) groups is 2. The van der Waals surface area contributed by atoms with E-state index in [1.165, 1.54) is 10.9 Å². The number of amides is 1. The Labute approximate surface area is 121 Å². The maximum Gasteiger partial charge on any atom is 0.358 e. The molecule has 0 radical (unpaired) electrons. The molecule has 2 aliphatic rings. The van der Waals surface area contributed by atoms with Gasteiger partial charge in [-0.2, -0.15) is 0 Å². The Morgan fingerprint density at radius 3 is 2.52 bits per heavy atom. The summed E-state index contributed by atoms with van der Waals surface area (Å²) < 4.78 is 1.51. The Kier molecular flexibility index (Phi) is 3.40. The van der Waals surface area contributed by atoms with Crippen molar-refractivity contribution in [3.8, 4) is 0 Å². The van der Waals surface area contributed by atoms with Crippen LogP contribution in [0.5, 0.6) is 0 Å². The molecule has 1 aliphatic carbocycles. The molecular weight excluding hydrogens is 274 g/mol. The second-order valence-electron chi connectivity index (χ2n) is 5.97. The van der Waals surface area contributed by atoms with Crippen molar-refractivity contribution < 1.29 is 14.7 Å². The maximum atomic E-state index is 12.5. The fourth-order valence-electron chi connectivity index (χ4n) is 3.05. The van der Waals surface area contributed by atoms with Crippen molar-refractivity contribution in [3.63, 3.8) is 0 Å². The van der Waals surface area contributed by atoms with Crippen LogP contribution in [0, 0.1) is 0 Å². The average Bonchev–Trinajstić information content (AvgIpc) is 2.87. The second kappa shape index (κ2) is 5.10. The highest BCUT2D eigenvalue weighted by Crippen LogP contribution is 2.31. The van der Waals surface area contributed by atoms with Gasteiger partial charge in [-0.25, -0.2) is 9.48 Å². The van der Waals surface area contributed by atoms with Crippen LogP contribution in [0.25, 0.3) is 0 Å². The number of hydrogen-bond donors (Lipinski definition) is 2. The highest BCUT2D eigenvalue weighted by molar-refractivity contribution is 5.87. The van der Waals surface area contributed by atoms with E-state index in [2.05, 4.69) is 10.3 Å². The predicted octanol–water partition coefficient (Wildman–Crippen LogP) is 0.0212. The number of carbonyl (C=O) groups excluding carboxylic acids is 1. The molecule has 1 aromatic rings. The standard InChI is InChI=1S/C13H19N5O3/c14-13(4-2-1-3-5-13)12(21)17-6-9(7-17)18-8-10(11(19)20)15-16-18/h8-9H,1-7,14H2,(H,19,20). The van der Waals surface area contributed by atoms with Crippen molar-refractivity contribution in [2.45, 2.75) is 43.7 Å². The largest absolute Gasteiger partial charge is 0.476 e. The van der Waals surface area contributed by atoms with Crippen LogP contribution in [0.1, 0.15) is 48.6 Å². The van der Waals surface area contributed by atoms with Crippen molar-refractivity contribution in [3.05, 3.63) is 11.9 Å². The van der Waals surface area contributed by atoms with E-state index in [1.54, 1.807) is 4.90 Å². The number of carboxylic acids is 1. The molecule has 2 heterocycles. The molecule has 0 spiro atoms. The number of likely N-dealkylation sites (tertiary alicyclic amines) is 1. The van der Waals surface area contributed by atoms with Crippen LogP contribution in [-0.4, -0.2) is 55.5 Å². The number of carboxylic acid groups (broad SMARTS) is 1. The van der Waals surface area contributed by atoms with Crippen molar-refractivity contribution >= 4 is 11.9 Å². The zero-order chi connectivity index (χ0) is 15.0. The van der Waals surface area contributed by atoms with Gasteiger partial charge in [0.2, 0.25) is 5.91 Å². The average molecular weight is 293 g/mol. The van der Waals surface area contributed by atoms with E-state index in [0.717, 1.165) is 32.1 Å². The topological polar surface area (TPSA) is 114 Å². The highest BCUT2D eigenvalue weighted by atomic mass is 16.4. The van der Waals surface area contributed by atoms with Gasteiger partial charge in [0.05, 0.1) is 17.8 Å². The lowest BCUT2D eigenvalue weighted by Gasteiger charge is -2.44. The van der Waals surface area contributed by atoms with Crippen LogP contribution in [0.4, 0.5) is 0 Å². The molecule has 1 saturated carbocycles. The molecule has 8 nitrogen and oxygen atoms in total. The lowest BCUT2D eigenvalue weighted by atomic mass is 9.81. The second-order valence-corrected chi connectivity index (χ2v) is 5.97. The fourth-order valence-corrected chi connectivity index (χ4v) is 3.05. The summed E-state index contributed by atoms with van der Waals surface area (Å²) in [4.78, 5) is 25.0. The zero-order valence-corrected chi connectivity index (χ0v) is 11.7. The van der Waals surface area contributed by atoms with Crippen LogP contribution in [0.3, 0.4) is 0 Å². The van der Waals surface area contributed by atoms with Crippen LogP contribution >= 0.6 is 0 Å². The summed E-state index contributed by atoms with van der Waals surface area (Å²) in [5.41, 5.74) is 5.45. The Bertz CT molecular complexity index is 558. The number of nitrogens with two attached hydrogens (primary N) is 1. The summed E-state index contributed by atoms with van der Waals surface area (Å²) >= 11 is 0. The number of aromatic carboxylic acids is 1. The SMILES string of the molecule is NC1(C(=O)N2CC(n3cc(C(=O)O)nn3)C2)CCCCC1. The Hall–Kier alpha value is -1.96. The van der Waals surface area contributed by atoms with Crippen LogP contribution < -0.4 is 5.73 Å². The molecule has 1 amide bonds. The van der Waals surface area contributed by atoms with Gasteiger partial charge in [0.25, 0.3) is 0 Å². The van der Waals surface area contributed by atoms with E-state index in [4.69, 9.17) is 10.8 Å². The maximum absolute atomic E-state index is 12.5. The minimum absolute atomic E-state index is 0.0111. The summed E-state index contributed by atoms with van der Waals surface area (Å²) in [6.07, 6.45) is 6.05. The van der Waals surface area contributed by atoms with Crippen LogP contribution in [-0.2, 0) is 4.79 Å². The molecule has 3 rings (SSSR count). The fraction of sp³-hybridized carbons (Fsp3) is 0.692. The molecule has 0 atom stereocenters. The first kappa shape index (κ1) is 14.0. The van der Waals surface area contributed by atoms with Gasteiger partial charge in [-0.15, -0.1) is 5.10 Å². The van der Waals surface area contributed by atoms with Crippen molar-refractivity contribution in [1.82, 2.24) is 19.9 Å². The van der Waals surface area contributed by atoms with Gasteiger partial charge in [-0.3, -0.25) is 4.79 Å². The molecule has 1 aliphatic heterocycles. The zero-order valence-electron chi connectivity index (χ0n) is 11.7. The Balaban J connectivity index is 1.59. The van der Waals surface area contributed by atoms with E-state index in [1.807, 2.05) is 0 Å². The molecule has 0 aromatic carbocycles. The third-order valence-corrected chi connectivity index (χ3v) is 4.42. The third kappa shape index (κ3) is 2.51. The van der Waals surface area contributed by atoms with Gasteiger partial charge in [-0.1, -0.05) is 24.5 Å². The lowest BCUT2D eigenvalue weighted by Crippen LogP contribution is -2.62. The first-order chi connectivity index (χ1) is 9.99. The molecule has 3 N–H and O–H groups in total. The molecular formula is C13H19N5O3. The predicted molar refractivity (Wildman–Crippen MR) is 72.6 cm³/mol. The van der Waals surface area contributed by atoms with E-state index >= 15 is 0 Å². The van der Waals surface area contributed by atoms with Gasteiger partial charge in [0, 0.05) is 13.1 Å². The quantitative estimate of drug-likeness (QED) is 0.812. The molecule has 0 bridgehead atoms. The molecule has 8 heteroatoms. The van der Waals surface area contributed by atoms with Crippen molar-refractivity contribution in [2.75, 3.05) is 13.1 Å². The molecule has 0 unspecified atom stereocenters. The van der Waals surface area contributed by atoms with Crippen molar-refractivity contribution in [1.29, 1.82) is 0 Å². The number of nitrogens with zero attached hydrogens (tertiary/aromatic N) is 4. The molecule has 1 saturated heterocycles. The minimum atomic E-state index is -1.10. The van der Waals surface area contributed by atoms with E-state index in [0.29, 0.717) is 13.1 Å². The van der Waals surface area contributed by atoms with E-state index in [9.17, 15) is 9.59 Å². The van der Waals surface area contributed by atoms with E-state index < -0.39 is 11.5 Å². The minimum Gasteiger partial charge on any atom is -0.476 e. The third-order valence-electron chi connectivity index (χ3n) is 4.42. The van der Waals surface area contributed by atoms with Gasteiger partial charge in [0.1, 0.15) is 0 Å². The summed E-state index contributed by atoms with van der Waals surface area (Å²) in [6, 6.07) is -0.0123. The van der Waals surface area contributed by atoms with Gasteiger partial charge in [-0.05, 0) is 12.8 Å². The Morgan fingerprint density at radius 1 is 1.29 bits per heavy atom. The van der Waals surface area contributed by atoms with Crippen molar-refractivity contribution in [2.24, 2.45) is 5.73 Å². The summed E-state index contributed by atoms with van der Waals surface area (Å²) in [7, 11) is 0. The smallest absolute Gasteiger partial charge is 0.358 e. The van der Waals surface area contributed by atoms with Gasteiger partial charge in [0.15, 0.2) is 5.69 Å². The molecule has 21 heavy (non-hydrogen) atoms. The summed E-state index contributed by atoms with van der Waals surface area (Å²) in [5, 5.41) is 16.2. The number of rotatable bonds is 3. The molecule has 114 valence electrons. The monoisotopic (exact) mass is 293 g/mol. The van der Waals surface area contributed by atoms with Crippen LogP contribution in [0.15, 0.2) is 6.20 Å². The Morgan fingerprint density at radius 2 is 1.95 bits per heavy atom. The lowest BCUT2D eigenvalue weighted by molar-refractivity contribution is -0.144. The molecule has 2 fully saturated rings. The summed E-state index contributed by atoms with van der Waals surface area (Å²) in [5.74, 6) is -1.09. The number of hydrogen-bond acceptors (Lipinski definition) is 5. The van der Waals surface area contributed by atoms with E-state index in [-0.39, 0.29) is 17.6 Å². The normalized spacial score (nSPS) is 21.9.